The highest BCUT2D eigenvalue weighted by Crippen LogP contribution is 2.28. The van der Waals surface area contributed by atoms with Crippen LogP contribution >= 0.6 is 0 Å². The fourth-order valence-corrected chi connectivity index (χ4v) is 4.89. The van der Waals surface area contributed by atoms with Gasteiger partial charge in [0.25, 0.3) is 12.7 Å². The van der Waals surface area contributed by atoms with Gasteiger partial charge in [0.2, 0.25) is 12.7 Å². The Morgan fingerprint density at radius 3 is 1.62 bits per heavy atom. The number of rotatable bonds is 19. The molecule has 0 saturated heterocycles. The topological polar surface area (TPSA) is 63.6 Å². The summed E-state index contributed by atoms with van der Waals surface area (Å²) in [6, 6.07) is 3.29. The number of hydrogen-bond acceptors (Lipinski definition) is 3. The monoisotopic (exact) mass is 690 g/mol. The van der Waals surface area contributed by atoms with Gasteiger partial charge >= 0.3 is 0 Å². The van der Waals surface area contributed by atoms with E-state index < -0.39 is 17.2 Å². The summed E-state index contributed by atoms with van der Waals surface area (Å²) in [4.78, 5) is 0. The Morgan fingerprint density at radius 2 is 1.18 bits per heavy atom. The summed E-state index contributed by atoms with van der Waals surface area (Å²) in [5.74, 6) is -1.47. The Hall–Kier alpha value is -1.72. The molecule has 3 rings (SSSR count). The zero-order chi connectivity index (χ0) is 27.2. The Morgan fingerprint density at radius 1 is 0.725 bits per heavy atom. The van der Waals surface area contributed by atoms with E-state index >= 15 is 0 Å². The lowest BCUT2D eigenvalue weighted by Crippen LogP contribution is -3.00. The Balaban J connectivity index is 0.00000400. The van der Waals surface area contributed by atoms with Crippen molar-refractivity contribution < 1.29 is 57.0 Å². The molecule has 0 fully saturated rings. The standard InChI is InChI=1S/C29H46F2N6O.2BrH/c1-3-5-7-9-11-13-17-34-22-32-36(24-34)20-29(38,27-16-15-26(30)19-28(27)31)21-37-25-35(23-33-37)18-14-12-10-8-6-4-2;;/h15-16,19,22-25,38H,3-14,17-18,20-21H2,1-2H3;2*1H/q+2;;/p-2. The number of aryl methyl sites for hydroxylation is 2. The van der Waals surface area contributed by atoms with E-state index in [-0.39, 0.29) is 52.6 Å². The minimum Gasteiger partial charge on any atom is -1.00 e. The van der Waals surface area contributed by atoms with Gasteiger partial charge in [-0.3, -0.25) is 0 Å². The van der Waals surface area contributed by atoms with E-state index in [9.17, 15) is 13.9 Å². The minimum absolute atomic E-state index is 0. The van der Waals surface area contributed by atoms with Gasteiger partial charge in [-0.2, -0.15) is 0 Å². The van der Waals surface area contributed by atoms with Crippen LogP contribution in [0.2, 0.25) is 0 Å². The van der Waals surface area contributed by atoms with E-state index in [0.717, 1.165) is 32.0 Å². The normalized spacial score (nSPS) is 11.3. The minimum atomic E-state index is -1.67. The average Bonchev–Trinajstić information content (AvgIpc) is 3.52. The molecule has 3 aromatic rings. The van der Waals surface area contributed by atoms with E-state index in [2.05, 4.69) is 24.0 Å². The highest BCUT2D eigenvalue weighted by molar-refractivity contribution is 5.25. The SMILES string of the molecule is CCCCCCCC[n+]1cnn(CC(O)(Cn2c[n+](CCCCCCCC)cn2)c2ccc(F)cc2F)c1.[Br-].[Br-]. The third kappa shape index (κ3) is 12.0. The van der Waals surface area contributed by atoms with Crippen molar-refractivity contribution in [3.8, 4) is 0 Å². The number of aromatic nitrogens is 6. The van der Waals surface area contributed by atoms with Gasteiger partial charge in [-0.15, -0.1) is 9.36 Å². The molecule has 11 heteroatoms. The summed E-state index contributed by atoms with van der Waals surface area (Å²) in [6.07, 6.45) is 21.6. The van der Waals surface area contributed by atoms with E-state index in [1.54, 1.807) is 22.0 Å². The smallest absolute Gasteiger partial charge is 0.265 e. The van der Waals surface area contributed by atoms with E-state index in [0.29, 0.717) is 0 Å². The zero-order valence-corrected chi connectivity index (χ0v) is 27.2. The summed E-state index contributed by atoms with van der Waals surface area (Å²) in [7, 11) is 0. The molecule has 0 unspecified atom stereocenters. The molecule has 2 heterocycles. The maximum atomic E-state index is 14.9. The largest absolute Gasteiger partial charge is 1.00 e. The molecule has 0 radical (unpaired) electrons. The first kappa shape index (κ1) is 36.3. The number of unbranched alkanes of at least 4 members (excludes halogenated alkanes) is 10. The van der Waals surface area contributed by atoms with Crippen molar-refractivity contribution in [1.82, 2.24) is 19.6 Å². The molecule has 226 valence electrons. The number of benzene rings is 1. The maximum Gasteiger partial charge on any atom is 0.265 e. The first-order chi connectivity index (χ1) is 18.4. The Bertz CT molecular complexity index is 1040. The molecule has 0 aliphatic heterocycles. The third-order valence-corrected chi connectivity index (χ3v) is 7.08. The van der Waals surface area contributed by atoms with Crippen molar-refractivity contribution in [3.05, 3.63) is 60.7 Å². The predicted octanol–water partition coefficient (Wildman–Crippen LogP) is -0.750. The Kier molecular flexibility index (Phi) is 17.6. The summed E-state index contributed by atoms with van der Waals surface area (Å²) in [6.45, 7) is 6.13. The van der Waals surface area contributed by atoms with Crippen LogP contribution in [0.15, 0.2) is 43.5 Å². The lowest BCUT2D eigenvalue weighted by atomic mass is 9.93. The molecule has 0 saturated carbocycles. The molecule has 1 N–H and O–H groups in total. The molecule has 0 spiro atoms. The lowest BCUT2D eigenvalue weighted by Gasteiger charge is -2.24. The van der Waals surface area contributed by atoms with Gasteiger partial charge in [-0.25, -0.2) is 17.9 Å². The van der Waals surface area contributed by atoms with Crippen LogP contribution in [0.25, 0.3) is 0 Å². The van der Waals surface area contributed by atoms with Crippen LogP contribution in [-0.4, -0.2) is 24.7 Å². The fourth-order valence-electron chi connectivity index (χ4n) is 4.89. The van der Waals surface area contributed by atoms with Gasteiger partial charge < -0.3 is 39.1 Å². The average molecular weight is 693 g/mol. The van der Waals surface area contributed by atoms with Crippen LogP contribution < -0.4 is 43.1 Å². The van der Waals surface area contributed by atoms with Crippen LogP contribution in [0.5, 0.6) is 0 Å². The molecule has 0 bridgehead atoms. The van der Waals surface area contributed by atoms with Crippen molar-refractivity contribution >= 4 is 0 Å². The van der Waals surface area contributed by atoms with Gasteiger partial charge in [-0.1, -0.05) is 84.1 Å². The van der Waals surface area contributed by atoms with Crippen molar-refractivity contribution in [2.75, 3.05) is 0 Å². The second-order valence-corrected chi connectivity index (χ2v) is 10.6. The van der Waals surface area contributed by atoms with Gasteiger partial charge in [0.1, 0.15) is 24.7 Å². The third-order valence-electron chi connectivity index (χ3n) is 7.08. The van der Waals surface area contributed by atoms with E-state index in [1.807, 2.05) is 21.8 Å². The molecule has 0 aliphatic rings. The molecule has 7 nitrogen and oxygen atoms in total. The van der Waals surface area contributed by atoms with Crippen molar-refractivity contribution in [1.29, 1.82) is 0 Å². The quantitative estimate of drug-likeness (QED) is 0.133. The summed E-state index contributed by atoms with van der Waals surface area (Å²) in [5.41, 5.74) is -1.65. The van der Waals surface area contributed by atoms with Gasteiger partial charge in [0.15, 0.2) is 5.60 Å². The van der Waals surface area contributed by atoms with Crippen LogP contribution in [0.4, 0.5) is 8.78 Å². The molecule has 0 amide bonds. The predicted molar refractivity (Wildman–Crippen MR) is 142 cm³/mol. The second kappa shape index (κ2) is 19.4. The summed E-state index contributed by atoms with van der Waals surface area (Å²) in [5, 5.41) is 20.6. The van der Waals surface area contributed by atoms with Crippen molar-refractivity contribution in [2.45, 2.75) is 123 Å². The summed E-state index contributed by atoms with van der Waals surface area (Å²) < 4.78 is 35.8. The molecule has 40 heavy (non-hydrogen) atoms. The highest BCUT2D eigenvalue weighted by Gasteiger charge is 2.39. The van der Waals surface area contributed by atoms with Gasteiger partial charge in [0, 0.05) is 21.8 Å². The molecular weight excluding hydrogens is 646 g/mol. The zero-order valence-electron chi connectivity index (χ0n) is 24.0. The highest BCUT2D eigenvalue weighted by atomic mass is 79.9. The first-order valence-corrected chi connectivity index (χ1v) is 14.4. The van der Waals surface area contributed by atoms with Crippen LogP contribution in [0.3, 0.4) is 0 Å². The van der Waals surface area contributed by atoms with Crippen LogP contribution in [0, 0.1) is 11.6 Å². The second-order valence-electron chi connectivity index (χ2n) is 10.6. The number of nitrogens with zero attached hydrogens (tertiary/aromatic N) is 6. The van der Waals surface area contributed by atoms with E-state index in [4.69, 9.17) is 0 Å². The molecular formula is C29H46Br2F2N6O. The van der Waals surface area contributed by atoms with Crippen LogP contribution in [0.1, 0.15) is 96.5 Å². The lowest BCUT2D eigenvalue weighted by molar-refractivity contribution is -0.698. The van der Waals surface area contributed by atoms with Crippen molar-refractivity contribution in [2.24, 2.45) is 0 Å². The summed E-state index contributed by atoms with van der Waals surface area (Å²) >= 11 is 0. The number of hydrogen-bond donors (Lipinski definition) is 1. The molecule has 2 aromatic heterocycles. The molecule has 1 aromatic carbocycles. The Labute approximate surface area is 259 Å². The number of halogens is 4. The maximum absolute atomic E-state index is 14.9. The van der Waals surface area contributed by atoms with E-state index in [1.165, 1.54) is 76.3 Å². The number of aliphatic hydroxyl groups is 1. The first-order valence-electron chi connectivity index (χ1n) is 14.4. The van der Waals surface area contributed by atoms with Crippen LogP contribution in [-0.2, 0) is 31.8 Å². The van der Waals surface area contributed by atoms with Gasteiger partial charge in [0.05, 0.1) is 13.1 Å². The fraction of sp³-hybridized carbons (Fsp3) is 0.655. The molecule has 0 atom stereocenters. The molecule has 0 aliphatic carbocycles. The van der Waals surface area contributed by atoms with Crippen molar-refractivity contribution in [3.63, 3.8) is 0 Å². The van der Waals surface area contributed by atoms with Gasteiger partial charge in [-0.05, 0) is 18.9 Å².